The third kappa shape index (κ3) is 21.8. The summed E-state index contributed by atoms with van der Waals surface area (Å²) in [6.07, 6.45) is 21.7. The van der Waals surface area contributed by atoms with Gasteiger partial charge in [-0.2, -0.15) is 0 Å². The van der Waals surface area contributed by atoms with Crippen molar-refractivity contribution in [2.45, 2.75) is 152 Å². The van der Waals surface area contributed by atoms with Crippen LogP contribution < -0.4 is 0 Å². The molecule has 0 aromatic carbocycles. The summed E-state index contributed by atoms with van der Waals surface area (Å²) in [5.74, 6) is 0.511. The van der Waals surface area contributed by atoms with E-state index in [1.807, 2.05) is 0 Å². The molecule has 0 amide bonds. The van der Waals surface area contributed by atoms with Gasteiger partial charge in [-0.25, -0.2) is 0 Å². The second-order valence-corrected chi connectivity index (χ2v) is 21.6. The third-order valence-corrected chi connectivity index (χ3v) is 19.2. The minimum atomic E-state index is -3.59. The van der Waals surface area contributed by atoms with Gasteiger partial charge in [0, 0.05) is 0 Å². The molecule has 0 N–H and O–H groups in total. The number of rotatable bonds is 28. The quantitative estimate of drug-likeness (QED) is 0.0461. The Hall–Kier alpha value is 0.499. The van der Waals surface area contributed by atoms with Crippen LogP contribution >= 0.6 is 24.4 Å². The first-order valence-electron chi connectivity index (χ1n) is 16.3. The predicted molar refractivity (Wildman–Crippen MR) is 179 cm³/mol. The van der Waals surface area contributed by atoms with Crippen LogP contribution in [0.3, 0.4) is 0 Å². The monoisotopic (exact) mass is 696 g/mol. The standard InChI is InChI=1S/2C8H16O2S.2C8H17.Sn/c2*1-7(8(9)11)5-3-4-6-10-2;2*1-3-5-7-8-6-4-2;/h2*7H,3-6H2,1-2H3,(H,9,11);2*1,3-8H2,2H3;/q;;;;+2/p-2. The number of ether oxygens (including phenoxy) is 2. The number of methoxy groups -OCH3 is 2. The van der Waals surface area contributed by atoms with Gasteiger partial charge < -0.3 is 0 Å². The molecule has 0 saturated carbocycles. The Morgan fingerprint density at radius 3 is 1.26 bits per heavy atom. The summed E-state index contributed by atoms with van der Waals surface area (Å²) in [6, 6.07) is 0. The van der Waals surface area contributed by atoms with Gasteiger partial charge >= 0.3 is 261 Å². The van der Waals surface area contributed by atoms with E-state index in [4.69, 9.17) is 40.1 Å². The Labute approximate surface area is 259 Å². The maximum absolute atomic E-state index is 6.96. The Kier molecular flexibility index (Phi) is 27.7. The molecule has 0 aliphatic rings. The van der Waals surface area contributed by atoms with Crippen molar-refractivity contribution in [2.24, 2.45) is 11.8 Å². The molecule has 0 spiro atoms. The molecule has 7 heteroatoms. The van der Waals surface area contributed by atoms with Gasteiger partial charge in [-0.15, -0.1) is 0 Å². The van der Waals surface area contributed by atoms with Gasteiger partial charge in [0.25, 0.3) is 0 Å². The van der Waals surface area contributed by atoms with E-state index < -0.39 is 19.2 Å². The van der Waals surface area contributed by atoms with Gasteiger partial charge in [-0.1, -0.05) is 0 Å². The van der Waals surface area contributed by atoms with Crippen molar-refractivity contribution < 1.29 is 15.6 Å². The van der Waals surface area contributed by atoms with Gasteiger partial charge in [0.15, 0.2) is 0 Å². The number of thiocarbonyl (C=S) groups is 2. The van der Waals surface area contributed by atoms with Crippen LogP contribution in [0, 0.1) is 11.8 Å². The maximum atomic E-state index is 6.96. The molecule has 39 heavy (non-hydrogen) atoms. The van der Waals surface area contributed by atoms with Crippen molar-refractivity contribution in [1.29, 1.82) is 0 Å². The average molecular weight is 696 g/mol. The van der Waals surface area contributed by atoms with Crippen molar-refractivity contribution >= 4 is 53.7 Å². The molecule has 0 aliphatic heterocycles. The Morgan fingerprint density at radius 1 is 0.538 bits per heavy atom. The molecule has 0 fully saturated rings. The summed E-state index contributed by atoms with van der Waals surface area (Å²) in [6.45, 7) is 10.6. The molecule has 0 aromatic rings. The molecule has 0 bridgehead atoms. The van der Waals surface area contributed by atoms with Crippen LogP contribution in [0.4, 0.5) is 0 Å². The molecule has 2 unspecified atom stereocenters. The molecule has 0 heterocycles. The average Bonchev–Trinajstić information content (AvgIpc) is 2.92. The summed E-state index contributed by atoms with van der Waals surface area (Å²) >= 11 is 8.32. The molecule has 4 nitrogen and oxygen atoms in total. The number of unbranched alkanes of at least 4 members (excludes halogenated alkanes) is 12. The van der Waals surface area contributed by atoms with Gasteiger partial charge in [0.2, 0.25) is 0 Å². The second kappa shape index (κ2) is 27.3. The van der Waals surface area contributed by atoms with Crippen LogP contribution in [0.25, 0.3) is 0 Å². The Balaban J connectivity index is 5.51. The van der Waals surface area contributed by atoms with E-state index >= 15 is 0 Å². The van der Waals surface area contributed by atoms with E-state index in [0.29, 0.717) is 0 Å². The molecule has 2 atom stereocenters. The van der Waals surface area contributed by atoms with E-state index in [9.17, 15) is 0 Å². The van der Waals surface area contributed by atoms with E-state index in [-0.39, 0.29) is 11.8 Å². The van der Waals surface area contributed by atoms with Gasteiger partial charge in [0.05, 0.1) is 0 Å². The van der Waals surface area contributed by atoms with Crippen molar-refractivity contribution in [2.75, 3.05) is 27.4 Å². The van der Waals surface area contributed by atoms with E-state index in [2.05, 4.69) is 27.7 Å². The predicted octanol–water partition coefficient (Wildman–Crippen LogP) is 10.7. The first-order valence-corrected chi connectivity index (χ1v) is 23.5. The van der Waals surface area contributed by atoms with E-state index in [1.54, 1.807) is 14.2 Å². The fourth-order valence-electron chi connectivity index (χ4n) is 4.90. The number of hydrogen-bond acceptors (Lipinski definition) is 6. The summed E-state index contributed by atoms with van der Waals surface area (Å²) in [7, 11) is 3.53. The summed E-state index contributed by atoms with van der Waals surface area (Å²) in [5, 5.41) is 1.55. The normalized spacial score (nSPS) is 13.3. The van der Waals surface area contributed by atoms with Crippen molar-refractivity contribution in [1.82, 2.24) is 0 Å². The van der Waals surface area contributed by atoms with Crippen molar-refractivity contribution in [3.8, 4) is 0 Å². The van der Waals surface area contributed by atoms with Crippen LogP contribution in [0.1, 0.15) is 143 Å². The fourth-order valence-corrected chi connectivity index (χ4v) is 16.9. The van der Waals surface area contributed by atoms with Crippen molar-refractivity contribution in [3.05, 3.63) is 0 Å². The Bertz CT molecular complexity index is 541. The Morgan fingerprint density at radius 2 is 0.897 bits per heavy atom. The van der Waals surface area contributed by atoms with Gasteiger partial charge in [0.1, 0.15) is 0 Å². The van der Waals surface area contributed by atoms with Crippen LogP contribution in [-0.4, -0.2) is 56.7 Å². The molecule has 0 radical (unpaired) electrons. The van der Waals surface area contributed by atoms with Crippen LogP contribution in [0.5, 0.6) is 0 Å². The summed E-state index contributed by atoms with van der Waals surface area (Å²) in [4.78, 5) is 0. The first-order chi connectivity index (χ1) is 18.9. The summed E-state index contributed by atoms with van der Waals surface area (Å²) in [5.41, 5.74) is 0. The van der Waals surface area contributed by atoms with Gasteiger partial charge in [-0.3, -0.25) is 0 Å². The molecular formula is C32H64O4S2Sn. The number of hydrogen-bond donors (Lipinski definition) is 0. The zero-order chi connectivity index (χ0) is 29.2. The second-order valence-electron chi connectivity index (χ2n) is 11.6. The molecule has 0 aliphatic carbocycles. The minimum absolute atomic E-state index is 0.255. The molecule has 0 rings (SSSR count). The molecular weight excluding hydrogens is 631 g/mol. The van der Waals surface area contributed by atoms with Crippen LogP contribution in [-0.2, 0) is 15.6 Å². The fraction of sp³-hybridized carbons (Fsp3) is 0.938. The third-order valence-electron chi connectivity index (χ3n) is 7.67. The topological polar surface area (TPSA) is 36.9 Å². The van der Waals surface area contributed by atoms with E-state index in [1.165, 1.54) is 77.0 Å². The zero-order valence-corrected chi connectivity index (χ0v) is 31.1. The first kappa shape index (κ1) is 39.5. The van der Waals surface area contributed by atoms with Crippen LogP contribution in [0.2, 0.25) is 8.87 Å². The van der Waals surface area contributed by atoms with Gasteiger partial charge in [-0.05, 0) is 0 Å². The SMILES string of the molecule is CCCCCCC[CH2][Sn]([CH2]CCCCCCC)([O]C(=S)C(C)CCCCOC)[O]C(=S)C(C)CCCCOC. The van der Waals surface area contributed by atoms with E-state index in [0.717, 1.165) is 70.7 Å². The molecule has 0 saturated heterocycles. The summed E-state index contributed by atoms with van der Waals surface area (Å²) < 4.78 is 26.5. The molecule has 232 valence electrons. The van der Waals surface area contributed by atoms with Crippen LogP contribution in [0.15, 0.2) is 0 Å². The molecule has 0 aromatic heterocycles. The zero-order valence-electron chi connectivity index (χ0n) is 26.7. The van der Waals surface area contributed by atoms with Crippen molar-refractivity contribution in [3.63, 3.8) is 0 Å².